The number of rotatable bonds is 4. The first kappa shape index (κ1) is 12.8. The van der Waals surface area contributed by atoms with Gasteiger partial charge in [-0.15, -0.1) is 0 Å². The van der Waals surface area contributed by atoms with Gasteiger partial charge in [-0.25, -0.2) is 0 Å². The molecule has 0 heterocycles. The number of halogens is 2. The molecule has 2 nitrogen and oxygen atoms in total. The lowest BCUT2D eigenvalue weighted by Gasteiger charge is -2.17. The van der Waals surface area contributed by atoms with E-state index in [0.717, 1.165) is 5.56 Å². The first-order chi connectivity index (χ1) is 7.00. The Morgan fingerprint density at radius 1 is 1.33 bits per heavy atom. The summed E-state index contributed by atoms with van der Waals surface area (Å²) in [4.78, 5) is 0. The quantitative estimate of drug-likeness (QED) is 0.858. The van der Waals surface area contributed by atoms with Crippen LogP contribution in [-0.2, 0) is 0 Å². The van der Waals surface area contributed by atoms with Gasteiger partial charge in [0, 0.05) is 22.6 Å². The number of hydrogen-bond acceptors (Lipinski definition) is 2. The lowest BCUT2D eigenvalue weighted by molar-refractivity contribution is 0.187. The molecule has 0 radical (unpaired) electrons. The molecule has 2 atom stereocenters. The summed E-state index contributed by atoms with van der Waals surface area (Å²) < 4.78 is 0. The first-order valence-electron chi connectivity index (χ1n) is 4.87. The Morgan fingerprint density at radius 2 is 2.00 bits per heavy atom. The van der Waals surface area contributed by atoms with Crippen LogP contribution in [0.25, 0.3) is 0 Å². The largest absolute Gasteiger partial charge is 0.392 e. The molecule has 2 N–H and O–H groups in total. The Bertz CT molecular complexity index is 328. The van der Waals surface area contributed by atoms with Gasteiger partial charge in [0.25, 0.3) is 0 Å². The number of nitrogens with one attached hydrogen (secondary N) is 1. The summed E-state index contributed by atoms with van der Waals surface area (Å²) >= 11 is 11.9. The second-order valence-corrected chi connectivity index (χ2v) is 4.49. The van der Waals surface area contributed by atoms with E-state index in [0.29, 0.717) is 16.6 Å². The summed E-state index contributed by atoms with van der Waals surface area (Å²) in [5.41, 5.74) is 0.949. The molecule has 0 aliphatic heterocycles. The van der Waals surface area contributed by atoms with E-state index in [-0.39, 0.29) is 12.1 Å². The zero-order valence-corrected chi connectivity index (χ0v) is 10.3. The molecule has 0 bridgehead atoms. The number of aliphatic hydroxyl groups is 1. The highest BCUT2D eigenvalue weighted by molar-refractivity contribution is 6.33. The van der Waals surface area contributed by atoms with Crippen LogP contribution < -0.4 is 5.32 Å². The Kier molecular flexibility index (Phi) is 4.87. The predicted octanol–water partition coefficient (Wildman–Crippen LogP) is 3.02. The van der Waals surface area contributed by atoms with Crippen molar-refractivity contribution in [2.45, 2.75) is 26.0 Å². The molecular formula is C11H15Cl2NO. The SMILES string of the molecule is C[C@H](NC[C@@H](C)O)c1cc(Cl)ccc1Cl. The maximum Gasteiger partial charge on any atom is 0.0636 e. The fourth-order valence-corrected chi connectivity index (χ4v) is 1.77. The summed E-state index contributed by atoms with van der Waals surface area (Å²) in [6, 6.07) is 5.45. The van der Waals surface area contributed by atoms with Crippen molar-refractivity contribution in [3.05, 3.63) is 33.8 Å². The van der Waals surface area contributed by atoms with E-state index in [1.807, 2.05) is 13.0 Å². The molecular weight excluding hydrogens is 233 g/mol. The monoisotopic (exact) mass is 247 g/mol. The zero-order chi connectivity index (χ0) is 11.4. The second-order valence-electron chi connectivity index (χ2n) is 3.64. The summed E-state index contributed by atoms with van der Waals surface area (Å²) in [6.07, 6.45) is -0.370. The van der Waals surface area contributed by atoms with E-state index in [1.165, 1.54) is 0 Å². The van der Waals surface area contributed by atoms with Crippen LogP contribution in [0.15, 0.2) is 18.2 Å². The molecule has 0 aliphatic rings. The fraction of sp³-hybridized carbons (Fsp3) is 0.455. The maximum atomic E-state index is 9.15. The third-order valence-electron chi connectivity index (χ3n) is 2.14. The smallest absolute Gasteiger partial charge is 0.0636 e. The lowest BCUT2D eigenvalue weighted by atomic mass is 10.1. The van der Waals surface area contributed by atoms with Crippen molar-refractivity contribution in [3.63, 3.8) is 0 Å². The Hall–Kier alpha value is -0.280. The number of benzene rings is 1. The van der Waals surface area contributed by atoms with Crippen molar-refractivity contribution < 1.29 is 5.11 Å². The molecule has 0 saturated carbocycles. The maximum absolute atomic E-state index is 9.15. The average Bonchev–Trinajstić information content (AvgIpc) is 2.18. The van der Waals surface area contributed by atoms with Crippen LogP contribution in [0, 0.1) is 0 Å². The van der Waals surface area contributed by atoms with E-state index < -0.39 is 0 Å². The molecule has 0 unspecified atom stereocenters. The highest BCUT2D eigenvalue weighted by Crippen LogP contribution is 2.25. The van der Waals surface area contributed by atoms with Gasteiger partial charge in [-0.1, -0.05) is 23.2 Å². The predicted molar refractivity (Wildman–Crippen MR) is 64.6 cm³/mol. The average molecular weight is 248 g/mol. The molecule has 0 aromatic heterocycles. The van der Waals surface area contributed by atoms with Gasteiger partial charge in [-0.05, 0) is 37.6 Å². The highest BCUT2D eigenvalue weighted by atomic mass is 35.5. The Morgan fingerprint density at radius 3 is 2.60 bits per heavy atom. The topological polar surface area (TPSA) is 32.3 Å². The van der Waals surface area contributed by atoms with Gasteiger partial charge in [0.05, 0.1) is 6.10 Å². The third kappa shape index (κ3) is 3.99. The van der Waals surface area contributed by atoms with Gasteiger partial charge in [0.1, 0.15) is 0 Å². The Labute approximate surface area is 100 Å². The minimum absolute atomic E-state index is 0.0748. The van der Waals surface area contributed by atoms with E-state index in [2.05, 4.69) is 5.32 Å². The molecule has 1 rings (SSSR count). The van der Waals surface area contributed by atoms with Crippen molar-refractivity contribution in [2.24, 2.45) is 0 Å². The lowest BCUT2D eigenvalue weighted by Crippen LogP contribution is -2.27. The molecule has 84 valence electrons. The molecule has 1 aromatic carbocycles. The molecule has 0 spiro atoms. The van der Waals surface area contributed by atoms with Crippen LogP contribution in [0.1, 0.15) is 25.5 Å². The van der Waals surface area contributed by atoms with Gasteiger partial charge in [0.15, 0.2) is 0 Å². The fourth-order valence-electron chi connectivity index (χ4n) is 1.30. The summed E-state index contributed by atoms with van der Waals surface area (Å²) in [7, 11) is 0. The van der Waals surface area contributed by atoms with Gasteiger partial charge >= 0.3 is 0 Å². The number of hydrogen-bond donors (Lipinski definition) is 2. The van der Waals surface area contributed by atoms with Crippen molar-refractivity contribution in [2.75, 3.05) is 6.54 Å². The summed E-state index contributed by atoms with van der Waals surface area (Å²) in [5, 5.41) is 13.7. The molecule has 1 aromatic rings. The van der Waals surface area contributed by atoms with Crippen LogP contribution in [0.2, 0.25) is 10.0 Å². The molecule has 0 fully saturated rings. The standard InChI is InChI=1S/C11H15Cl2NO/c1-7(15)6-14-8(2)10-5-9(12)3-4-11(10)13/h3-5,7-8,14-15H,6H2,1-2H3/t7-,8+/m1/s1. The summed E-state index contributed by atoms with van der Waals surface area (Å²) in [5.74, 6) is 0. The van der Waals surface area contributed by atoms with Crippen LogP contribution in [0.3, 0.4) is 0 Å². The number of aliphatic hydroxyl groups excluding tert-OH is 1. The van der Waals surface area contributed by atoms with Gasteiger partial charge < -0.3 is 10.4 Å². The molecule has 0 amide bonds. The molecule has 0 saturated heterocycles. The molecule has 0 aliphatic carbocycles. The molecule has 15 heavy (non-hydrogen) atoms. The third-order valence-corrected chi connectivity index (χ3v) is 2.72. The second kappa shape index (κ2) is 5.71. The van der Waals surface area contributed by atoms with Gasteiger partial charge in [-0.3, -0.25) is 0 Å². The van der Waals surface area contributed by atoms with Crippen molar-refractivity contribution in [1.82, 2.24) is 5.32 Å². The van der Waals surface area contributed by atoms with Crippen LogP contribution in [0.5, 0.6) is 0 Å². The van der Waals surface area contributed by atoms with E-state index in [1.54, 1.807) is 19.1 Å². The normalized spacial score (nSPS) is 15.0. The first-order valence-corrected chi connectivity index (χ1v) is 5.62. The van der Waals surface area contributed by atoms with Gasteiger partial charge in [-0.2, -0.15) is 0 Å². The van der Waals surface area contributed by atoms with E-state index in [9.17, 15) is 0 Å². The van der Waals surface area contributed by atoms with Crippen LogP contribution in [0.4, 0.5) is 0 Å². The molecule has 4 heteroatoms. The van der Waals surface area contributed by atoms with Crippen molar-refractivity contribution >= 4 is 23.2 Å². The minimum atomic E-state index is -0.370. The van der Waals surface area contributed by atoms with Crippen LogP contribution >= 0.6 is 23.2 Å². The van der Waals surface area contributed by atoms with Crippen LogP contribution in [-0.4, -0.2) is 17.8 Å². The minimum Gasteiger partial charge on any atom is -0.392 e. The Balaban J connectivity index is 2.72. The highest BCUT2D eigenvalue weighted by Gasteiger charge is 2.10. The zero-order valence-electron chi connectivity index (χ0n) is 8.80. The van der Waals surface area contributed by atoms with E-state index in [4.69, 9.17) is 28.3 Å². The summed E-state index contributed by atoms with van der Waals surface area (Å²) in [6.45, 7) is 4.25. The van der Waals surface area contributed by atoms with Gasteiger partial charge in [0.2, 0.25) is 0 Å². The van der Waals surface area contributed by atoms with Crippen molar-refractivity contribution in [3.8, 4) is 0 Å². The van der Waals surface area contributed by atoms with E-state index >= 15 is 0 Å². The van der Waals surface area contributed by atoms with Crippen molar-refractivity contribution in [1.29, 1.82) is 0 Å².